The van der Waals surface area contributed by atoms with Gasteiger partial charge in [-0.05, 0) is 101 Å². The second-order valence-electron chi connectivity index (χ2n) is 8.72. The molecule has 10 heteroatoms. The molecular formula is C28H23BrClN3O5. The summed E-state index contributed by atoms with van der Waals surface area (Å²) in [6.07, 6.45) is 1.37. The summed E-state index contributed by atoms with van der Waals surface area (Å²) >= 11 is 9.56. The SMILES string of the molecule is Cc1ccc(NC(=O)COc2ccc(/C=C3\C(=O)NC(=O)N(c4ccc(C)c(Cl)c4)C3=O)cc2Br)cc1C. The van der Waals surface area contributed by atoms with E-state index in [0.717, 1.165) is 21.6 Å². The number of hydrogen-bond donors (Lipinski definition) is 2. The summed E-state index contributed by atoms with van der Waals surface area (Å²) in [6.45, 7) is 5.53. The molecule has 0 radical (unpaired) electrons. The highest BCUT2D eigenvalue weighted by molar-refractivity contribution is 9.10. The highest BCUT2D eigenvalue weighted by Gasteiger charge is 2.37. The second-order valence-corrected chi connectivity index (χ2v) is 9.98. The van der Waals surface area contributed by atoms with Crippen LogP contribution in [0.1, 0.15) is 22.3 Å². The van der Waals surface area contributed by atoms with E-state index in [-0.39, 0.29) is 23.8 Å². The van der Waals surface area contributed by atoms with Gasteiger partial charge in [0.15, 0.2) is 6.61 Å². The second kappa shape index (κ2) is 11.2. The average molecular weight is 597 g/mol. The molecule has 8 nitrogen and oxygen atoms in total. The number of rotatable bonds is 6. The van der Waals surface area contributed by atoms with Crippen molar-refractivity contribution in [1.82, 2.24) is 5.32 Å². The molecule has 3 aromatic carbocycles. The molecule has 2 N–H and O–H groups in total. The Morgan fingerprint density at radius 2 is 1.74 bits per heavy atom. The Balaban J connectivity index is 1.48. The number of ether oxygens (including phenoxy) is 1. The smallest absolute Gasteiger partial charge is 0.335 e. The molecule has 0 unspecified atom stereocenters. The zero-order valence-electron chi connectivity index (χ0n) is 20.7. The van der Waals surface area contributed by atoms with Crippen LogP contribution in [0.2, 0.25) is 5.02 Å². The van der Waals surface area contributed by atoms with Gasteiger partial charge in [-0.15, -0.1) is 0 Å². The maximum absolute atomic E-state index is 13.1. The lowest BCUT2D eigenvalue weighted by Gasteiger charge is -2.26. The van der Waals surface area contributed by atoms with Crippen LogP contribution in [0.5, 0.6) is 5.75 Å². The fourth-order valence-electron chi connectivity index (χ4n) is 3.66. The minimum absolute atomic E-state index is 0.219. The Morgan fingerprint density at radius 1 is 1.00 bits per heavy atom. The van der Waals surface area contributed by atoms with Crippen LogP contribution in [0.3, 0.4) is 0 Å². The first-order valence-electron chi connectivity index (χ1n) is 11.5. The number of hydrogen-bond acceptors (Lipinski definition) is 5. The molecule has 0 bridgehead atoms. The quantitative estimate of drug-likeness (QED) is 0.280. The maximum atomic E-state index is 13.1. The van der Waals surface area contributed by atoms with Crippen molar-refractivity contribution in [3.05, 3.63) is 91.9 Å². The van der Waals surface area contributed by atoms with Crippen molar-refractivity contribution in [3.8, 4) is 5.75 Å². The van der Waals surface area contributed by atoms with Gasteiger partial charge in [-0.3, -0.25) is 19.7 Å². The predicted octanol–water partition coefficient (Wildman–Crippen LogP) is 5.71. The van der Waals surface area contributed by atoms with Gasteiger partial charge in [0.25, 0.3) is 17.7 Å². The normalized spacial score (nSPS) is 14.5. The maximum Gasteiger partial charge on any atom is 0.335 e. The van der Waals surface area contributed by atoms with Crippen molar-refractivity contribution in [2.45, 2.75) is 20.8 Å². The van der Waals surface area contributed by atoms with Gasteiger partial charge in [-0.1, -0.05) is 29.8 Å². The summed E-state index contributed by atoms with van der Waals surface area (Å²) in [4.78, 5) is 51.2. The molecule has 1 aliphatic rings. The molecule has 1 fully saturated rings. The van der Waals surface area contributed by atoms with Crippen LogP contribution in [0.4, 0.5) is 16.2 Å². The molecule has 1 heterocycles. The zero-order valence-corrected chi connectivity index (χ0v) is 23.1. The van der Waals surface area contributed by atoms with E-state index in [9.17, 15) is 19.2 Å². The van der Waals surface area contributed by atoms with Crippen LogP contribution in [-0.4, -0.2) is 30.4 Å². The minimum Gasteiger partial charge on any atom is -0.483 e. The van der Waals surface area contributed by atoms with Crippen molar-refractivity contribution in [2.24, 2.45) is 0 Å². The summed E-state index contributed by atoms with van der Waals surface area (Å²) in [7, 11) is 0. The highest BCUT2D eigenvalue weighted by Crippen LogP contribution is 2.29. The van der Waals surface area contributed by atoms with Gasteiger partial charge in [0.1, 0.15) is 11.3 Å². The van der Waals surface area contributed by atoms with Crippen molar-refractivity contribution in [2.75, 3.05) is 16.8 Å². The Labute approximate surface area is 232 Å². The van der Waals surface area contributed by atoms with Crippen LogP contribution in [-0.2, 0) is 14.4 Å². The third-order valence-corrected chi connectivity index (χ3v) is 6.96. The Bertz CT molecular complexity index is 1520. The van der Waals surface area contributed by atoms with Crippen LogP contribution in [0.25, 0.3) is 6.08 Å². The van der Waals surface area contributed by atoms with Crippen LogP contribution < -0.4 is 20.3 Å². The van der Waals surface area contributed by atoms with Gasteiger partial charge < -0.3 is 10.1 Å². The first-order valence-corrected chi connectivity index (χ1v) is 12.7. The fourth-order valence-corrected chi connectivity index (χ4v) is 4.35. The molecule has 0 spiro atoms. The van der Waals surface area contributed by atoms with E-state index in [4.69, 9.17) is 16.3 Å². The van der Waals surface area contributed by atoms with Crippen molar-refractivity contribution in [3.63, 3.8) is 0 Å². The lowest BCUT2D eigenvalue weighted by Crippen LogP contribution is -2.54. The number of carbonyl (C=O) groups excluding carboxylic acids is 4. The third-order valence-electron chi connectivity index (χ3n) is 5.93. The summed E-state index contributed by atoms with van der Waals surface area (Å²) < 4.78 is 6.14. The zero-order chi connectivity index (χ0) is 27.6. The number of aryl methyl sites for hydroxylation is 3. The van der Waals surface area contributed by atoms with Gasteiger partial charge in [0.2, 0.25) is 0 Å². The lowest BCUT2D eigenvalue weighted by molar-refractivity contribution is -0.122. The molecule has 194 valence electrons. The Morgan fingerprint density at radius 3 is 2.42 bits per heavy atom. The van der Waals surface area contributed by atoms with Gasteiger partial charge in [-0.25, -0.2) is 9.69 Å². The topological polar surface area (TPSA) is 105 Å². The lowest BCUT2D eigenvalue weighted by atomic mass is 10.1. The first kappa shape index (κ1) is 27.1. The number of carbonyl (C=O) groups is 4. The third kappa shape index (κ3) is 5.95. The molecule has 1 saturated heterocycles. The minimum atomic E-state index is -0.860. The van der Waals surface area contributed by atoms with Crippen LogP contribution in [0.15, 0.2) is 64.6 Å². The van der Waals surface area contributed by atoms with Crippen molar-refractivity contribution < 1.29 is 23.9 Å². The van der Waals surface area contributed by atoms with Crippen molar-refractivity contribution >= 4 is 68.7 Å². The van der Waals surface area contributed by atoms with E-state index in [1.54, 1.807) is 37.3 Å². The molecule has 0 atom stereocenters. The number of imide groups is 2. The summed E-state index contributed by atoms with van der Waals surface area (Å²) in [5.41, 5.74) is 4.17. The van der Waals surface area contributed by atoms with E-state index in [0.29, 0.717) is 26.5 Å². The number of nitrogens with zero attached hydrogens (tertiary/aromatic N) is 1. The molecule has 0 saturated carbocycles. The molecule has 0 aromatic heterocycles. The van der Waals surface area contributed by atoms with Crippen LogP contribution in [0, 0.1) is 20.8 Å². The molecular weight excluding hydrogens is 574 g/mol. The Hall–Kier alpha value is -3.95. The summed E-state index contributed by atoms with van der Waals surface area (Å²) in [5, 5.41) is 5.36. The molecule has 38 heavy (non-hydrogen) atoms. The standard InChI is InChI=1S/C28H23BrClN3O5/c1-15-4-7-19(10-17(15)3)31-25(34)14-38-24-9-6-18(12-22(24)29)11-21-26(35)32-28(37)33(27(21)36)20-8-5-16(2)23(30)13-20/h4-13H,14H2,1-3H3,(H,31,34)(H,32,35,37)/b21-11+. The molecule has 3 aromatic rings. The van der Waals surface area contributed by atoms with E-state index in [2.05, 4.69) is 26.6 Å². The number of barbiturate groups is 1. The summed E-state index contributed by atoms with van der Waals surface area (Å²) in [6, 6.07) is 14.4. The fraction of sp³-hybridized carbons (Fsp3) is 0.143. The first-order chi connectivity index (χ1) is 18.0. The summed E-state index contributed by atoms with van der Waals surface area (Å²) in [5.74, 6) is -1.52. The van der Waals surface area contributed by atoms with Crippen molar-refractivity contribution in [1.29, 1.82) is 0 Å². The number of benzene rings is 3. The number of halogens is 2. The number of anilines is 2. The number of amides is 5. The van der Waals surface area contributed by atoms with Crippen LogP contribution >= 0.6 is 27.5 Å². The van der Waals surface area contributed by atoms with Gasteiger partial charge in [-0.2, -0.15) is 0 Å². The van der Waals surface area contributed by atoms with Gasteiger partial charge in [0, 0.05) is 10.7 Å². The van der Waals surface area contributed by atoms with Gasteiger partial charge in [0.05, 0.1) is 10.2 Å². The molecule has 4 rings (SSSR count). The monoisotopic (exact) mass is 595 g/mol. The van der Waals surface area contributed by atoms with E-state index < -0.39 is 17.8 Å². The molecule has 0 aliphatic carbocycles. The van der Waals surface area contributed by atoms with Gasteiger partial charge >= 0.3 is 6.03 Å². The average Bonchev–Trinajstić information content (AvgIpc) is 2.85. The number of urea groups is 1. The Kier molecular flexibility index (Phi) is 7.99. The van der Waals surface area contributed by atoms with E-state index in [1.807, 2.05) is 32.0 Å². The largest absolute Gasteiger partial charge is 0.483 e. The van der Waals surface area contributed by atoms with E-state index in [1.165, 1.54) is 12.1 Å². The molecule has 5 amide bonds. The predicted molar refractivity (Wildman–Crippen MR) is 149 cm³/mol. The highest BCUT2D eigenvalue weighted by atomic mass is 79.9. The van der Waals surface area contributed by atoms with E-state index >= 15 is 0 Å². The molecule has 1 aliphatic heterocycles. The number of nitrogens with one attached hydrogen (secondary N) is 2.